The molecule has 1 aliphatic heterocycles. The second-order valence-electron chi connectivity index (χ2n) is 10.1. The molecule has 2 fully saturated rings. The van der Waals surface area contributed by atoms with E-state index < -0.39 is 0 Å². The minimum absolute atomic E-state index is 0.228. The lowest BCUT2D eigenvalue weighted by molar-refractivity contribution is -0.191. The van der Waals surface area contributed by atoms with Crippen LogP contribution in [-0.4, -0.2) is 13.2 Å². The van der Waals surface area contributed by atoms with Crippen LogP contribution in [0.5, 0.6) is 0 Å². The Morgan fingerprint density at radius 3 is 1.84 bits per heavy atom. The zero-order chi connectivity index (χ0) is 22.2. The smallest absolute Gasteiger partial charge is 0.183 e. The van der Waals surface area contributed by atoms with Crippen LogP contribution in [0.15, 0.2) is 48.5 Å². The van der Waals surface area contributed by atoms with Crippen molar-refractivity contribution in [2.45, 2.75) is 96.2 Å². The normalized spacial score (nSPS) is 26.2. The van der Waals surface area contributed by atoms with Crippen LogP contribution in [-0.2, 0) is 15.9 Å². The van der Waals surface area contributed by atoms with Crippen molar-refractivity contribution in [1.29, 1.82) is 0 Å². The Labute approximate surface area is 195 Å². The van der Waals surface area contributed by atoms with Crippen molar-refractivity contribution in [3.8, 4) is 0 Å². The van der Waals surface area contributed by atoms with Crippen molar-refractivity contribution in [2.75, 3.05) is 13.2 Å². The molecule has 2 aromatic rings. The highest BCUT2D eigenvalue weighted by Crippen LogP contribution is 2.38. The summed E-state index contributed by atoms with van der Waals surface area (Å²) in [5.74, 6) is 2.05. The molecular formula is C30H42O2. The Morgan fingerprint density at radius 1 is 0.656 bits per heavy atom. The second-order valence-corrected chi connectivity index (χ2v) is 10.1. The third-order valence-corrected chi connectivity index (χ3v) is 7.64. The molecule has 0 radical (unpaired) electrons. The minimum Gasteiger partial charge on any atom is -0.348 e. The first kappa shape index (κ1) is 23.5. The summed E-state index contributed by atoms with van der Waals surface area (Å²) in [5, 5.41) is 0. The van der Waals surface area contributed by atoms with Gasteiger partial charge in [-0.3, -0.25) is 0 Å². The van der Waals surface area contributed by atoms with E-state index in [1.807, 2.05) is 0 Å². The lowest BCUT2D eigenvalue weighted by Gasteiger charge is -2.31. The lowest BCUT2D eigenvalue weighted by Crippen LogP contribution is -2.25. The number of hydrogen-bond donors (Lipinski definition) is 0. The maximum absolute atomic E-state index is 6.13. The van der Waals surface area contributed by atoms with Gasteiger partial charge in [0.05, 0.1) is 13.2 Å². The molecule has 0 aromatic heterocycles. The van der Waals surface area contributed by atoms with Crippen LogP contribution in [0.4, 0.5) is 0 Å². The van der Waals surface area contributed by atoms with Crippen molar-refractivity contribution in [1.82, 2.24) is 0 Å². The van der Waals surface area contributed by atoms with Gasteiger partial charge in [-0.2, -0.15) is 0 Å². The number of ether oxygens (including phenoxy) is 2. The quantitative estimate of drug-likeness (QED) is 0.369. The van der Waals surface area contributed by atoms with Crippen molar-refractivity contribution in [3.63, 3.8) is 0 Å². The molecule has 0 bridgehead atoms. The van der Waals surface area contributed by atoms with Crippen LogP contribution in [0.2, 0.25) is 0 Å². The third-order valence-electron chi connectivity index (χ3n) is 7.64. The molecule has 1 heterocycles. The standard InChI is InChI=1S/C30H42O2/c1-3-5-6-8-24-11-15-28(16-12-24)30-31-21-29(22-32-30)27-19-17-26(18-20-27)25-13-9-23(7-4-2)10-14-25/h11-12,15-20,23,25,29-30H,3-10,13-14,21-22H2,1-2H3/t23-,25-,29?,30?. The van der Waals surface area contributed by atoms with Crippen LogP contribution >= 0.6 is 0 Å². The second kappa shape index (κ2) is 12.0. The van der Waals surface area contributed by atoms with Crippen LogP contribution < -0.4 is 0 Å². The highest BCUT2D eigenvalue weighted by atomic mass is 16.7. The van der Waals surface area contributed by atoms with Gasteiger partial charge in [-0.25, -0.2) is 0 Å². The first-order valence-corrected chi connectivity index (χ1v) is 13.2. The van der Waals surface area contributed by atoms with Crippen LogP contribution in [0.25, 0.3) is 0 Å². The maximum Gasteiger partial charge on any atom is 0.183 e. The van der Waals surface area contributed by atoms with E-state index in [0.29, 0.717) is 5.92 Å². The van der Waals surface area contributed by atoms with Gasteiger partial charge in [0.1, 0.15) is 0 Å². The summed E-state index contributed by atoms with van der Waals surface area (Å²) in [6, 6.07) is 18.2. The molecule has 174 valence electrons. The zero-order valence-corrected chi connectivity index (χ0v) is 20.2. The third kappa shape index (κ3) is 6.23. The fourth-order valence-corrected chi connectivity index (χ4v) is 5.54. The van der Waals surface area contributed by atoms with E-state index in [4.69, 9.17) is 9.47 Å². The van der Waals surface area contributed by atoms with E-state index in [1.54, 1.807) is 0 Å². The molecule has 0 atom stereocenters. The number of unbranched alkanes of at least 4 members (excludes halogenated alkanes) is 2. The molecule has 2 nitrogen and oxygen atoms in total. The van der Waals surface area contributed by atoms with E-state index in [-0.39, 0.29) is 6.29 Å². The van der Waals surface area contributed by atoms with E-state index in [0.717, 1.165) is 30.6 Å². The summed E-state index contributed by atoms with van der Waals surface area (Å²) >= 11 is 0. The van der Waals surface area contributed by atoms with E-state index >= 15 is 0 Å². The molecule has 2 heteroatoms. The van der Waals surface area contributed by atoms with Crippen LogP contribution in [0.1, 0.15) is 112 Å². The Morgan fingerprint density at radius 2 is 1.25 bits per heavy atom. The number of rotatable bonds is 9. The lowest BCUT2D eigenvalue weighted by atomic mass is 9.77. The molecule has 1 aliphatic carbocycles. The van der Waals surface area contributed by atoms with Crippen LogP contribution in [0, 0.1) is 5.92 Å². The topological polar surface area (TPSA) is 18.5 Å². The molecule has 32 heavy (non-hydrogen) atoms. The number of aryl methyl sites for hydroxylation is 1. The molecule has 0 unspecified atom stereocenters. The van der Waals surface area contributed by atoms with Gasteiger partial charge in [0.15, 0.2) is 6.29 Å². The summed E-state index contributed by atoms with van der Waals surface area (Å²) in [6.45, 7) is 6.02. The predicted octanol–water partition coefficient (Wildman–Crippen LogP) is 8.32. The summed E-state index contributed by atoms with van der Waals surface area (Å²) in [7, 11) is 0. The van der Waals surface area contributed by atoms with Crippen molar-refractivity contribution < 1.29 is 9.47 Å². The zero-order valence-electron chi connectivity index (χ0n) is 20.2. The van der Waals surface area contributed by atoms with Gasteiger partial charge in [-0.1, -0.05) is 88.1 Å². The molecule has 1 saturated heterocycles. The number of hydrogen-bond acceptors (Lipinski definition) is 2. The molecule has 0 N–H and O–H groups in total. The fraction of sp³-hybridized carbons (Fsp3) is 0.600. The van der Waals surface area contributed by atoms with Gasteiger partial charge in [0, 0.05) is 11.5 Å². The molecule has 1 saturated carbocycles. The minimum atomic E-state index is -0.228. The molecule has 2 aliphatic rings. The summed E-state index contributed by atoms with van der Waals surface area (Å²) in [6.07, 6.45) is 13.1. The van der Waals surface area contributed by atoms with Gasteiger partial charge in [0.2, 0.25) is 0 Å². The molecule has 0 spiro atoms. The van der Waals surface area contributed by atoms with Crippen molar-refractivity contribution >= 4 is 0 Å². The summed E-state index contributed by atoms with van der Waals surface area (Å²) in [5.41, 5.74) is 5.42. The first-order chi connectivity index (χ1) is 15.8. The van der Waals surface area contributed by atoms with Crippen molar-refractivity contribution in [3.05, 3.63) is 70.8 Å². The van der Waals surface area contributed by atoms with Gasteiger partial charge in [-0.05, 0) is 67.1 Å². The van der Waals surface area contributed by atoms with E-state index in [9.17, 15) is 0 Å². The van der Waals surface area contributed by atoms with Gasteiger partial charge in [0.25, 0.3) is 0 Å². The highest BCUT2D eigenvalue weighted by molar-refractivity contribution is 5.29. The molecule has 0 amide bonds. The summed E-state index contributed by atoms with van der Waals surface area (Å²) < 4.78 is 12.3. The van der Waals surface area contributed by atoms with Crippen molar-refractivity contribution in [2.24, 2.45) is 5.92 Å². The highest BCUT2D eigenvalue weighted by Gasteiger charge is 2.26. The predicted molar refractivity (Wildman–Crippen MR) is 133 cm³/mol. The van der Waals surface area contributed by atoms with E-state index in [1.165, 1.54) is 80.9 Å². The van der Waals surface area contributed by atoms with Gasteiger partial charge < -0.3 is 9.47 Å². The Kier molecular flexibility index (Phi) is 8.82. The SMILES string of the molecule is CCCCCc1ccc(C2OCC(c3ccc([C@H]4CC[C@H](CCC)CC4)cc3)CO2)cc1. The monoisotopic (exact) mass is 434 g/mol. The average molecular weight is 435 g/mol. The molecular weight excluding hydrogens is 392 g/mol. The van der Waals surface area contributed by atoms with Crippen LogP contribution in [0.3, 0.4) is 0 Å². The van der Waals surface area contributed by atoms with Gasteiger partial charge in [-0.15, -0.1) is 0 Å². The Hall–Kier alpha value is -1.64. The molecule has 2 aromatic carbocycles. The fourth-order valence-electron chi connectivity index (χ4n) is 5.54. The Bertz CT molecular complexity index is 779. The number of benzene rings is 2. The largest absolute Gasteiger partial charge is 0.348 e. The Balaban J connectivity index is 1.25. The average Bonchev–Trinajstić information content (AvgIpc) is 2.86. The maximum atomic E-state index is 6.13. The van der Waals surface area contributed by atoms with Gasteiger partial charge >= 0.3 is 0 Å². The first-order valence-electron chi connectivity index (χ1n) is 13.2. The summed E-state index contributed by atoms with van der Waals surface area (Å²) in [4.78, 5) is 0. The van der Waals surface area contributed by atoms with E-state index in [2.05, 4.69) is 62.4 Å². The molecule has 4 rings (SSSR count).